The topological polar surface area (TPSA) is 54.0 Å². The molecular weight excluding hydrogens is 380 g/mol. The predicted molar refractivity (Wildman–Crippen MR) is 118 cm³/mol. The van der Waals surface area contributed by atoms with Crippen LogP contribution in [0.2, 0.25) is 0 Å². The van der Waals surface area contributed by atoms with Crippen molar-refractivity contribution in [1.29, 1.82) is 0 Å². The Morgan fingerprint density at radius 1 is 0.733 bits per heavy atom. The molecule has 0 heterocycles. The first-order valence-electron chi connectivity index (χ1n) is 9.89. The van der Waals surface area contributed by atoms with E-state index >= 15 is 0 Å². The Kier molecular flexibility index (Phi) is 6.83. The van der Waals surface area contributed by atoms with Crippen LogP contribution in [0, 0.1) is 5.92 Å². The van der Waals surface area contributed by atoms with Gasteiger partial charge in [0.2, 0.25) is 0 Å². The zero-order valence-electron chi connectivity index (χ0n) is 18.2. The SMILES string of the molecule is COc1ccc(/C=C2/CC(C)C/C(=C\c3ccc(OC)cc3OC)C2=O)c(OC)c1. The van der Waals surface area contributed by atoms with E-state index in [2.05, 4.69) is 6.92 Å². The maximum absolute atomic E-state index is 13.3. The summed E-state index contributed by atoms with van der Waals surface area (Å²) in [5.41, 5.74) is 3.26. The number of hydrogen-bond donors (Lipinski definition) is 0. The van der Waals surface area contributed by atoms with E-state index in [1.54, 1.807) is 28.4 Å². The molecule has 0 spiro atoms. The molecule has 2 aromatic rings. The van der Waals surface area contributed by atoms with Crippen molar-refractivity contribution in [1.82, 2.24) is 0 Å². The summed E-state index contributed by atoms with van der Waals surface area (Å²) >= 11 is 0. The number of ketones is 1. The van der Waals surface area contributed by atoms with Gasteiger partial charge in [0.15, 0.2) is 5.78 Å². The second-order valence-electron chi connectivity index (χ2n) is 7.40. The van der Waals surface area contributed by atoms with Crippen LogP contribution in [0.15, 0.2) is 47.5 Å². The minimum Gasteiger partial charge on any atom is -0.497 e. The van der Waals surface area contributed by atoms with Gasteiger partial charge in [0.05, 0.1) is 28.4 Å². The molecule has 1 aliphatic carbocycles. The van der Waals surface area contributed by atoms with Crippen molar-refractivity contribution in [3.8, 4) is 23.0 Å². The summed E-state index contributed by atoms with van der Waals surface area (Å²) in [6, 6.07) is 11.2. The molecule has 0 N–H and O–H groups in total. The number of rotatable bonds is 6. The van der Waals surface area contributed by atoms with E-state index in [9.17, 15) is 4.79 Å². The number of allylic oxidation sites excluding steroid dienone is 2. The lowest BCUT2D eigenvalue weighted by Gasteiger charge is -2.23. The van der Waals surface area contributed by atoms with Gasteiger partial charge in [-0.05, 0) is 55.2 Å². The lowest BCUT2D eigenvalue weighted by molar-refractivity contribution is -0.113. The van der Waals surface area contributed by atoms with Crippen LogP contribution in [0.25, 0.3) is 12.2 Å². The summed E-state index contributed by atoms with van der Waals surface area (Å²) in [5.74, 6) is 3.19. The summed E-state index contributed by atoms with van der Waals surface area (Å²) < 4.78 is 21.5. The van der Waals surface area contributed by atoms with Crippen LogP contribution in [-0.2, 0) is 4.79 Å². The predicted octanol–water partition coefficient (Wildman–Crippen LogP) is 5.19. The maximum atomic E-state index is 13.3. The molecular formula is C25H28O5. The van der Waals surface area contributed by atoms with Crippen molar-refractivity contribution in [2.75, 3.05) is 28.4 Å². The highest BCUT2D eigenvalue weighted by molar-refractivity contribution is 6.14. The van der Waals surface area contributed by atoms with Crippen LogP contribution >= 0.6 is 0 Å². The fourth-order valence-corrected chi connectivity index (χ4v) is 3.71. The third-order valence-electron chi connectivity index (χ3n) is 5.26. The third kappa shape index (κ3) is 4.67. The number of ether oxygens (including phenoxy) is 4. The number of hydrogen-bond acceptors (Lipinski definition) is 5. The van der Waals surface area contributed by atoms with Crippen LogP contribution in [0.5, 0.6) is 23.0 Å². The van der Waals surface area contributed by atoms with Crippen LogP contribution in [0.3, 0.4) is 0 Å². The average Bonchev–Trinajstić information content (AvgIpc) is 2.77. The summed E-state index contributed by atoms with van der Waals surface area (Å²) in [4.78, 5) is 13.3. The largest absolute Gasteiger partial charge is 0.497 e. The highest BCUT2D eigenvalue weighted by Crippen LogP contribution is 2.36. The molecule has 5 nitrogen and oxygen atoms in total. The van der Waals surface area contributed by atoms with Crippen LogP contribution in [-0.4, -0.2) is 34.2 Å². The van der Waals surface area contributed by atoms with Crippen LogP contribution in [0.1, 0.15) is 30.9 Å². The monoisotopic (exact) mass is 408 g/mol. The van der Waals surface area contributed by atoms with E-state index in [-0.39, 0.29) is 5.78 Å². The highest BCUT2D eigenvalue weighted by Gasteiger charge is 2.26. The van der Waals surface area contributed by atoms with Crippen molar-refractivity contribution < 1.29 is 23.7 Å². The van der Waals surface area contributed by atoms with Gasteiger partial charge < -0.3 is 18.9 Å². The van der Waals surface area contributed by atoms with Gasteiger partial charge in [-0.1, -0.05) is 6.92 Å². The molecule has 0 aliphatic heterocycles. The molecule has 0 saturated heterocycles. The standard InChI is InChI=1S/C25H28O5/c1-16-10-19(12-17-6-8-21(27-2)14-23(17)29-4)25(26)20(11-16)13-18-7-9-22(28-3)15-24(18)30-5/h6-9,12-16H,10-11H2,1-5H3/b19-12-,20-13+. The van der Waals surface area contributed by atoms with Crippen molar-refractivity contribution in [3.63, 3.8) is 0 Å². The molecule has 1 saturated carbocycles. The molecule has 3 rings (SSSR count). The zero-order valence-corrected chi connectivity index (χ0v) is 18.2. The molecule has 0 aromatic heterocycles. The molecule has 158 valence electrons. The maximum Gasteiger partial charge on any atom is 0.185 e. The van der Waals surface area contributed by atoms with E-state index in [4.69, 9.17) is 18.9 Å². The summed E-state index contributed by atoms with van der Waals surface area (Å²) in [6.07, 6.45) is 5.31. The van der Waals surface area contributed by atoms with Crippen molar-refractivity contribution in [2.45, 2.75) is 19.8 Å². The van der Waals surface area contributed by atoms with Crippen LogP contribution in [0.4, 0.5) is 0 Å². The first-order valence-corrected chi connectivity index (χ1v) is 9.89. The first-order chi connectivity index (χ1) is 14.5. The number of Topliss-reactive ketones (excluding diaryl/α,β-unsaturated/α-hetero) is 1. The average molecular weight is 408 g/mol. The van der Waals surface area contributed by atoms with Crippen molar-refractivity contribution in [2.24, 2.45) is 5.92 Å². The fraction of sp³-hybridized carbons (Fsp3) is 0.320. The summed E-state index contributed by atoms with van der Waals surface area (Å²) in [6.45, 7) is 2.16. The Morgan fingerprint density at radius 2 is 1.17 bits per heavy atom. The number of benzene rings is 2. The highest BCUT2D eigenvalue weighted by atomic mass is 16.5. The molecule has 1 unspecified atom stereocenters. The number of carbonyl (C=O) groups is 1. The molecule has 1 atom stereocenters. The lowest BCUT2D eigenvalue weighted by atomic mass is 9.80. The quantitative estimate of drug-likeness (QED) is 0.616. The Balaban J connectivity index is 1.98. The zero-order chi connectivity index (χ0) is 21.7. The first kappa shape index (κ1) is 21.5. The molecule has 0 bridgehead atoms. The summed E-state index contributed by atoms with van der Waals surface area (Å²) in [7, 11) is 6.46. The fourth-order valence-electron chi connectivity index (χ4n) is 3.71. The number of methoxy groups -OCH3 is 4. The summed E-state index contributed by atoms with van der Waals surface area (Å²) in [5, 5.41) is 0. The van der Waals surface area contributed by atoms with Crippen LogP contribution < -0.4 is 18.9 Å². The van der Waals surface area contributed by atoms with Gasteiger partial charge in [-0.2, -0.15) is 0 Å². The van der Waals surface area contributed by atoms with Gasteiger partial charge in [-0.25, -0.2) is 0 Å². The van der Waals surface area contributed by atoms with Gasteiger partial charge in [0, 0.05) is 34.4 Å². The Hall–Kier alpha value is -3.21. The lowest BCUT2D eigenvalue weighted by Crippen LogP contribution is -2.18. The molecule has 1 fully saturated rings. The second-order valence-corrected chi connectivity index (χ2v) is 7.40. The molecule has 2 aromatic carbocycles. The molecule has 0 radical (unpaired) electrons. The van der Waals surface area contributed by atoms with E-state index < -0.39 is 0 Å². The molecule has 1 aliphatic rings. The Bertz CT molecular complexity index is 910. The Labute approximate surface area is 177 Å². The normalized spacial score (nSPS) is 19.1. The van der Waals surface area contributed by atoms with E-state index in [1.807, 2.05) is 48.6 Å². The van der Waals surface area contributed by atoms with E-state index in [0.717, 1.165) is 35.1 Å². The Morgan fingerprint density at radius 3 is 1.53 bits per heavy atom. The van der Waals surface area contributed by atoms with Gasteiger partial charge in [0.1, 0.15) is 23.0 Å². The van der Waals surface area contributed by atoms with E-state index in [1.165, 1.54) is 0 Å². The number of carbonyl (C=O) groups excluding carboxylic acids is 1. The molecule has 5 heteroatoms. The minimum atomic E-state index is 0.0591. The van der Waals surface area contributed by atoms with Gasteiger partial charge in [-0.3, -0.25) is 4.79 Å². The van der Waals surface area contributed by atoms with Crippen molar-refractivity contribution in [3.05, 3.63) is 58.7 Å². The van der Waals surface area contributed by atoms with Gasteiger partial charge >= 0.3 is 0 Å². The smallest absolute Gasteiger partial charge is 0.185 e. The van der Waals surface area contributed by atoms with Gasteiger partial charge in [0.25, 0.3) is 0 Å². The van der Waals surface area contributed by atoms with Crippen molar-refractivity contribution >= 4 is 17.9 Å². The van der Waals surface area contributed by atoms with E-state index in [0.29, 0.717) is 28.9 Å². The minimum absolute atomic E-state index is 0.0591. The second kappa shape index (κ2) is 9.53. The van der Waals surface area contributed by atoms with Gasteiger partial charge in [-0.15, -0.1) is 0 Å². The molecule has 30 heavy (non-hydrogen) atoms. The third-order valence-corrected chi connectivity index (χ3v) is 5.26. The molecule has 0 amide bonds.